The van der Waals surface area contributed by atoms with Crippen LogP contribution in [0, 0.1) is 0 Å². The number of unbranched alkanes of at least 4 members (excludes halogenated alkanes) is 14. The molecule has 28 heteroatoms. The number of rotatable bonds is 55. The van der Waals surface area contributed by atoms with Crippen molar-refractivity contribution >= 4 is 78.0 Å². The number of carboxylic acid groups (broad SMARTS) is 4. The predicted molar refractivity (Wildman–Crippen MR) is 289 cm³/mol. The fourth-order valence-corrected chi connectivity index (χ4v) is 7.80. The average Bonchev–Trinajstić information content (AvgIpc) is 3.39. The molecule has 0 saturated carbocycles. The molecule has 0 bridgehead atoms. The molecule has 0 saturated heterocycles. The van der Waals surface area contributed by atoms with Crippen LogP contribution in [0.2, 0.25) is 0 Å². The highest BCUT2D eigenvalue weighted by atomic mass is 32.1. The molecule has 27 nitrogen and oxygen atoms in total. The van der Waals surface area contributed by atoms with Crippen LogP contribution >= 0.6 is 12.8 Å². The fourth-order valence-electron chi connectivity index (χ4n) is 7.54. The summed E-state index contributed by atoms with van der Waals surface area (Å²) in [6, 6.07) is -4.71. The molecule has 454 valence electrons. The van der Waals surface area contributed by atoms with Gasteiger partial charge >= 0.3 is 23.9 Å². The minimum absolute atomic E-state index is 0.0355. The van der Waals surface area contributed by atoms with Crippen molar-refractivity contribution in [3.05, 3.63) is 0 Å². The van der Waals surface area contributed by atoms with Crippen LogP contribution < -0.4 is 42.4 Å². The number of thiol groups is 1. The lowest BCUT2D eigenvalue weighted by atomic mass is 10.0. The van der Waals surface area contributed by atoms with Crippen molar-refractivity contribution in [2.45, 2.75) is 185 Å². The van der Waals surface area contributed by atoms with Gasteiger partial charge in [-0.3, -0.25) is 43.1 Å². The molecule has 2 unspecified atom stereocenters. The molecule has 13 N–H and O–H groups in total. The lowest BCUT2D eigenvalue weighted by Gasteiger charge is -2.17. The first kappa shape index (κ1) is 73.3. The van der Waals surface area contributed by atoms with Gasteiger partial charge in [-0.2, -0.15) is 0 Å². The summed E-state index contributed by atoms with van der Waals surface area (Å²) in [5.74, 6) is -8.57. The molecule has 0 rings (SSSR count). The molecule has 0 aliphatic rings. The first-order chi connectivity index (χ1) is 37.9. The summed E-state index contributed by atoms with van der Waals surface area (Å²) in [6.45, 7) is 0.228. The molecule has 0 radical (unpaired) electrons. The van der Waals surface area contributed by atoms with E-state index < -0.39 is 96.5 Å². The molecule has 4 atom stereocenters. The van der Waals surface area contributed by atoms with Gasteiger partial charge in [0.15, 0.2) is 0 Å². The highest BCUT2D eigenvalue weighted by Gasteiger charge is 2.25. The van der Waals surface area contributed by atoms with Crippen molar-refractivity contribution in [2.24, 2.45) is 5.73 Å². The maximum atomic E-state index is 12.5. The van der Waals surface area contributed by atoms with Gasteiger partial charge in [-0.05, 0) is 51.4 Å². The van der Waals surface area contributed by atoms with Gasteiger partial charge < -0.3 is 77.0 Å². The Morgan fingerprint density at radius 2 is 0.709 bits per heavy atom. The van der Waals surface area contributed by atoms with Crippen molar-refractivity contribution in [2.75, 3.05) is 72.5 Å². The molecule has 0 aromatic carbocycles. The number of aliphatic carboxylic acids is 4. The Bertz CT molecular complexity index is 1800. The third kappa shape index (κ3) is 45.8. The van der Waals surface area contributed by atoms with Crippen LogP contribution in [-0.2, 0) is 71.7 Å². The smallest absolute Gasteiger partial charge is 0.326 e. The Morgan fingerprint density at radius 1 is 0.354 bits per heavy atom. The lowest BCUT2D eigenvalue weighted by molar-refractivity contribution is -0.144. The zero-order valence-corrected chi connectivity index (χ0v) is 46.6. The molecular formula is C51H90N8O19S. The van der Waals surface area contributed by atoms with Gasteiger partial charge in [0, 0.05) is 51.7 Å². The minimum atomic E-state index is -1.49. The second kappa shape index (κ2) is 49.4. The molecule has 0 aliphatic carbocycles. The Hall–Kier alpha value is -5.68. The number of ether oxygens (including phenoxy) is 4. The molecular weight excluding hydrogens is 1060 g/mol. The van der Waals surface area contributed by atoms with E-state index in [0.717, 1.165) is 51.4 Å². The number of hydrogen-bond acceptors (Lipinski definition) is 17. The molecule has 0 aliphatic heterocycles. The van der Waals surface area contributed by atoms with Crippen LogP contribution in [0.3, 0.4) is 0 Å². The van der Waals surface area contributed by atoms with Gasteiger partial charge in [-0.15, -0.1) is 0 Å². The largest absolute Gasteiger partial charge is 0.481 e. The standard InChI is InChI=1S/C51H90N8O19S/c52-48(68)37(59-79)17-15-16-26-53-41(60)23-20-39(50(71)72)57-44(63)25-22-40(51(73)74)58-46(65)36-78-34-32-76-30-28-55-45(64)35-77-33-31-75-29-27-54-42(61)24-21-38(49(69)70)56-43(62)18-13-11-9-7-5-3-1-2-4-6-8-10-12-14-19-47(66)67/h37-40,59,79H,1-36H2,(H2,52,68)(H,53,60)(H,54,61)(H,55,64)(H,56,62)(H,57,63)(H,58,65)(H,66,67)(H,69,70)(H,71,72)(H,73,74)/t37-,38?,39?,40-/m0/s1. The summed E-state index contributed by atoms with van der Waals surface area (Å²) in [6.07, 6.45) is 15.3. The van der Waals surface area contributed by atoms with Crippen LogP contribution in [-0.4, -0.2) is 182 Å². The number of nitrogens with two attached hydrogens (primary N) is 1. The van der Waals surface area contributed by atoms with E-state index in [9.17, 15) is 68.1 Å². The quantitative estimate of drug-likeness (QED) is 0.0301. The molecule has 79 heavy (non-hydrogen) atoms. The number of carboxylic acids is 4. The van der Waals surface area contributed by atoms with Crippen molar-refractivity contribution in [1.82, 2.24) is 36.6 Å². The zero-order chi connectivity index (χ0) is 58.9. The molecule has 0 heterocycles. The fraction of sp³-hybridized carbons (Fsp3) is 0.784. The number of carbonyl (C=O) groups excluding carboxylic acids is 7. The Labute approximate surface area is 468 Å². The van der Waals surface area contributed by atoms with E-state index in [0.29, 0.717) is 25.7 Å². The van der Waals surface area contributed by atoms with Crippen molar-refractivity contribution in [3.63, 3.8) is 0 Å². The Balaban J connectivity index is 3.97. The van der Waals surface area contributed by atoms with Gasteiger partial charge in [0.05, 0.1) is 45.7 Å². The van der Waals surface area contributed by atoms with Gasteiger partial charge in [0.25, 0.3) is 0 Å². The second-order valence-electron chi connectivity index (χ2n) is 18.8. The number of hydrogen-bond donors (Lipinski definition) is 13. The number of carbonyl (C=O) groups is 11. The van der Waals surface area contributed by atoms with Gasteiger partial charge in [-0.1, -0.05) is 89.9 Å². The van der Waals surface area contributed by atoms with E-state index in [1.807, 2.05) is 0 Å². The van der Waals surface area contributed by atoms with E-state index in [4.69, 9.17) is 29.8 Å². The highest BCUT2D eigenvalue weighted by molar-refractivity contribution is 7.78. The first-order valence-electron chi connectivity index (χ1n) is 27.4. The Morgan fingerprint density at radius 3 is 1.13 bits per heavy atom. The summed E-state index contributed by atoms with van der Waals surface area (Å²) in [5.41, 5.74) is 5.22. The second-order valence-corrected chi connectivity index (χ2v) is 19.1. The molecule has 7 amide bonds. The first-order valence-corrected chi connectivity index (χ1v) is 27.9. The van der Waals surface area contributed by atoms with Crippen LogP contribution in [0.15, 0.2) is 0 Å². The summed E-state index contributed by atoms with van der Waals surface area (Å²) in [7, 11) is 0. The summed E-state index contributed by atoms with van der Waals surface area (Å²) < 4.78 is 23.7. The third-order valence-corrected chi connectivity index (χ3v) is 12.3. The van der Waals surface area contributed by atoms with Crippen LogP contribution in [0.5, 0.6) is 0 Å². The third-order valence-electron chi connectivity index (χ3n) is 12.0. The predicted octanol–water partition coefficient (Wildman–Crippen LogP) is 1.23. The SMILES string of the molecule is NC(=O)[C@H](CCCCNC(=O)CCC(NC(=O)CC[C@H](NC(=O)COCCOCCNC(=O)COCCOCCNC(=O)CCC(NC(=O)CCCCCCCCCCCCCCCCC(=O)O)C(=O)O)C(=O)O)C(=O)O)NS. The summed E-state index contributed by atoms with van der Waals surface area (Å²) in [4.78, 5) is 130. The molecule has 0 aromatic heterocycles. The summed E-state index contributed by atoms with van der Waals surface area (Å²) in [5, 5.41) is 52.1. The topological polar surface area (TPSA) is 416 Å². The normalized spacial score (nSPS) is 12.5. The Kier molecular flexibility index (Phi) is 45.8. The van der Waals surface area contributed by atoms with Gasteiger partial charge in [-0.25, -0.2) is 14.4 Å². The van der Waals surface area contributed by atoms with Crippen LogP contribution in [0.4, 0.5) is 0 Å². The number of nitrogens with one attached hydrogen (secondary N) is 7. The number of primary amides is 1. The molecule has 0 spiro atoms. The number of amides is 7. The van der Waals surface area contributed by atoms with E-state index in [1.165, 1.54) is 32.1 Å². The average molecular weight is 1150 g/mol. The maximum absolute atomic E-state index is 12.5. The minimum Gasteiger partial charge on any atom is -0.481 e. The van der Waals surface area contributed by atoms with Crippen molar-refractivity contribution in [1.29, 1.82) is 0 Å². The zero-order valence-electron chi connectivity index (χ0n) is 45.7. The van der Waals surface area contributed by atoms with Crippen molar-refractivity contribution < 1.29 is 92.1 Å². The van der Waals surface area contributed by atoms with Gasteiger partial charge in [0.2, 0.25) is 41.4 Å². The molecule has 0 fully saturated rings. The van der Waals surface area contributed by atoms with E-state index in [2.05, 4.69) is 49.4 Å². The van der Waals surface area contributed by atoms with E-state index >= 15 is 0 Å². The summed E-state index contributed by atoms with van der Waals surface area (Å²) >= 11 is 3.83. The highest BCUT2D eigenvalue weighted by Crippen LogP contribution is 2.14. The van der Waals surface area contributed by atoms with E-state index in [1.54, 1.807) is 0 Å². The lowest BCUT2D eigenvalue weighted by Crippen LogP contribution is -2.45. The monoisotopic (exact) mass is 1150 g/mol. The van der Waals surface area contributed by atoms with Gasteiger partial charge in [0.1, 0.15) is 31.3 Å². The van der Waals surface area contributed by atoms with E-state index in [-0.39, 0.29) is 117 Å². The van der Waals surface area contributed by atoms with Crippen LogP contribution in [0.25, 0.3) is 0 Å². The molecule has 0 aromatic rings. The van der Waals surface area contributed by atoms with Crippen molar-refractivity contribution in [3.8, 4) is 0 Å². The van der Waals surface area contributed by atoms with Crippen LogP contribution in [0.1, 0.15) is 161 Å². The maximum Gasteiger partial charge on any atom is 0.326 e.